The van der Waals surface area contributed by atoms with E-state index in [9.17, 15) is 10.1 Å². The first-order valence-corrected chi connectivity index (χ1v) is 7.17. The average Bonchev–Trinajstić information content (AvgIpc) is 3.17. The SMILES string of the molecule is O=[N+]([O-])c1ccc(Cl)cc1Cn1ccnc1CNC1CC1. The zero-order chi connectivity index (χ0) is 14.8. The number of imidazole rings is 1. The molecule has 7 heteroatoms. The molecule has 6 nitrogen and oxygen atoms in total. The Balaban J connectivity index is 1.81. The molecule has 0 atom stereocenters. The smallest absolute Gasteiger partial charge is 0.274 e. The molecule has 2 aromatic rings. The van der Waals surface area contributed by atoms with E-state index in [1.807, 2.05) is 10.8 Å². The van der Waals surface area contributed by atoms with Crippen LogP contribution in [-0.2, 0) is 13.1 Å². The van der Waals surface area contributed by atoms with Crippen molar-refractivity contribution < 1.29 is 4.92 Å². The molecule has 1 fully saturated rings. The lowest BCUT2D eigenvalue weighted by Crippen LogP contribution is -2.19. The van der Waals surface area contributed by atoms with Crippen molar-refractivity contribution in [2.75, 3.05) is 0 Å². The molecule has 0 spiro atoms. The van der Waals surface area contributed by atoms with Gasteiger partial charge in [0, 0.05) is 29.5 Å². The molecule has 1 aromatic carbocycles. The fourth-order valence-electron chi connectivity index (χ4n) is 2.22. The molecule has 1 aromatic heterocycles. The van der Waals surface area contributed by atoms with Gasteiger partial charge in [0.15, 0.2) is 0 Å². The second kappa shape index (κ2) is 5.83. The second-order valence-corrected chi connectivity index (χ2v) is 5.59. The average molecular weight is 307 g/mol. The van der Waals surface area contributed by atoms with Crippen LogP contribution in [0.2, 0.25) is 5.02 Å². The summed E-state index contributed by atoms with van der Waals surface area (Å²) in [6.45, 7) is 1.06. The number of nitro groups is 1. The highest BCUT2D eigenvalue weighted by molar-refractivity contribution is 6.30. The molecule has 0 aliphatic heterocycles. The van der Waals surface area contributed by atoms with Crippen molar-refractivity contribution in [1.82, 2.24) is 14.9 Å². The van der Waals surface area contributed by atoms with Gasteiger partial charge >= 0.3 is 0 Å². The third kappa shape index (κ3) is 3.40. The van der Waals surface area contributed by atoms with Crippen molar-refractivity contribution in [3.8, 4) is 0 Å². The van der Waals surface area contributed by atoms with E-state index in [-0.39, 0.29) is 10.6 Å². The fraction of sp³-hybridized carbons (Fsp3) is 0.357. The molecule has 21 heavy (non-hydrogen) atoms. The topological polar surface area (TPSA) is 73.0 Å². The molecular weight excluding hydrogens is 292 g/mol. The maximum atomic E-state index is 11.1. The normalized spacial score (nSPS) is 14.3. The highest BCUT2D eigenvalue weighted by Gasteiger charge is 2.21. The molecular formula is C14H15ClN4O2. The van der Waals surface area contributed by atoms with Crippen molar-refractivity contribution in [1.29, 1.82) is 0 Å². The number of aromatic nitrogens is 2. The Morgan fingerprint density at radius 2 is 2.29 bits per heavy atom. The Morgan fingerprint density at radius 3 is 3.00 bits per heavy atom. The number of benzene rings is 1. The lowest BCUT2D eigenvalue weighted by molar-refractivity contribution is -0.385. The Morgan fingerprint density at radius 1 is 1.48 bits per heavy atom. The third-order valence-corrected chi connectivity index (χ3v) is 3.74. The van der Waals surface area contributed by atoms with Gasteiger partial charge in [-0.3, -0.25) is 10.1 Å². The molecule has 0 bridgehead atoms. The minimum absolute atomic E-state index is 0.0780. The number of nitrogens with one attached hydrogen (secondary N) is 1. The minimum Gasteiger partial charge on any atom is -0.329 e. The Labute approximate surface area is 126 Å². The Kier molecular flexibility index (Phi) is 3.90. The van der Waals surface area contributed by atoms with E-state index < -0.39 is 0 Å². The molecule has 1 heterocycles. The Hall–Kier alpha value is -1.92. The van der Waals surface area contributed by atoms with Crippen LogP contribution in [0.15, 0.2) is 30.6 Å². The molecule has 1 aliphatic carbocycles. The Bertz CT molecular complexity index is 667. The number of nitro benzene ring substituents is 1. The second-order valence-electron chi connectivity index (χ2n) is 5.16. The van der Waals surface area contributed by atoms with Crippen LogP contribution in [0.4, 0.5) is 5.69 Å². The van der Waals surface area contributed by atoms with Gasteiger partial charge in [-0.05, 0) is 25.0 Å². The van der Waals surface area contributed by atoms with Gasteiger partial charge in [0.2, 0.25) is 0 Å². The van der Waals surface area contributed by atoms with Crippen LogP contribution >= 0.6 is 11.6 Å². The van der Waals surface area contributed by atoms with E-state index in [0.29, 0.717) is 29.7 Å². The van der Waals surface area contributed by atoms with E-state index in [1.54, 1.807) is 12.3 Å². The zero-order valence-corrected chi connectivity index (χ0v) is 12.1. The molecule has 1 saturated carbocycles. The van der Waals surface area contributed by atoms with Gasteiger partial charge in [0.1, 0.15) is 5.82 Å². The van der Waals surface area contributed by atoms with Crippen molar-refractivity contribution in [3.05, 3.63) is 57.1 Å². The van der Waals surface area contributed by atoms with Crippen LogP contribution in [0.1, 0.15) is 24.2 Å². The molecule has 1 aliphatic rings. The quantitative estimate of drug-likeness (QED) is 0.658. The number of nitrogens with zero attached hydrogens (tertiary/aromatic N) is 3. The number of hydrogen-bond acceptors (Lipinski definition) is 4. The highest BCUT2D eigenvalue weighted by atomic mass is 35.5. The third-order valence-electron chi connectivity index (χ3n) is 3.51. The summed E-state index contributed by atoms with van der Waals surface area (Å²) >= 11 is 5.95. The van der Waals surface area contributed by atoms with Crippen molar-refractivity contribution in [2.24, 2.45) is 0 Å². The maximum absolute atomic E-state index is 11.1. The van der Waals surface area contributed by atoms with Crippen molar-refractivity contribution in [2.45, 2.75) is 32.0 Å². The molecule has 0 radical (unpaired) electrons. The van der Waals surface area contributed by atoms with E-state index in [0.717, 1.165) is 5.82 Å². The first-order chi connectivity index (χ1) is 10.1. The molecule has 1 N–H and O–H groups in total. The first kappa shape index (κ1) is 14.0. The van der Waals surface area contributed by atoms with Gasteiger partial charge in [0.25, 0.3) is 5.69 Å². The summed E-state index contributed by atoms with van der Waals surface area (Å²) in [4.78, 5) is 15.0. The zero-order valence-electron chi connectivity index (χ0n) is 11.3. The maximum Gasteiger partial charge on any atom is 0.274 e. The largest absolute Gasteiger partial charge is 0.329 e. The summed E-state index contributed by atoms with van der Waals surface area (Å²) in [5, 5.41) is 15.0. The molecule has 0 saturated heterocycles. The van der Waals surface area contributed by atoms with Gasteiger partial charge in [-0.2, -0.15) is 0 Å². The van der Waals surface area contributed by atoms with Crippen LogP contribution in [0.3, 0.4) is 0 Å². The van der Waals surface area contributed by atoms with Crippen molar-refractivity contribution >= 4 is 17.3 Å². The summed E-state index contributed by atoms with van der Waals surface area (Å²) in [5.74, 6) is 0.871. The van der Waals surface area contributed by atoms with E-state index in [1.165, 1.54) is 25.0 Å². The predicted octanol–water partition coefficient (Wildman–Crippen LogP) is 2.75. The molecule has 110 valence electrons. The van der Waals surface area contributed by atoms with Gasteiger partial charge < -0.3 is 9.88 Å². The number of rotatable bonds is 6. The van der Waals surface area contributed by atoms with Crippen LogP contribution in [-0.4, -0.2) is 20.5 Å². The lowest BCUT2D eigenvalue weighted by atomic mass is 10.2. The fourth-order valence-corrected chi connectivity index (χ4v) is 2.41. The lowest BCUT2D eigenvalue weighted by Gasteiger charge is -2.09. The van der Waals surface area contributed by atoms with Crippen LogP contribution in [0, 0.1) is 10.1 Å². The van der Waals surface area contributed by atoms with E-state index >= 15 is 0 Å². The molecule has 0 amide bonds. The van der Waals surface area contributed by atoms with Gasteiger partial charge in [-0.25, -0.2) is 4.98 Å². The summed E-state index contributed by atoms with van der Waals surface area (Å²) < 4.78 is 1.91. The minimum atomic E-state index is -0.384. The summed E-state index contributed by atoms with van der Waals surface area (Å²) in [5.41, 5.74) is 0.660. The molecule has 0 unspecified atom stereocenters. The summed E-state index contributed by atoms with van der Waals surface area (Å²) in [6.07, 6.45) is 5.95. The van der Waals surface area contributed by atoms with Crippen LogP contribution in [0.5, 0.6) is 0 Å². The van der Waals surface area contributed by atoms with Gasteiger partial charge in [-0.1, -0.05) is 11.6 Å². The van der Waals surface area contributed by atoms with E-state index in [4.69, 9.17) is 11.6 Å². The summed E-state index contributed by atoms with van der Waals surface area (Å²) in [7, 11) is 0. The van der Waals surface area contributed by atoms with Gasteiger partial charge in [-0.15, -0.1) is 0 Å². The molecule has 3 rings (SSSR count). The van der Waals surface area contributed by atoms with Crippen LogP contribution in [0.25, 0.3) is 0 Å². The van der Waals surface area contributed by atoms with E-state index in [2.05, 4.69) is 10.3 Å². The highest BCUT2D eigenvalue weighted by Crippen LogP contribution is 2.24. The standard InChI is InChI=1S/C14H15ClN4O2/c15-11-1-4-13(19(20)21)10(7-11)9-18-6-5-16-14(18)8-17-12-2-3-12/h1,4-7,12,17H,2-3,8-9H2. The monoisotopic (exact) mass is 306 g/mol. The predicted molar refractivity (Wildman–Crippen MR) is 79.3 cm³/mol. The summed E-state index contributed by atoms with van der Waals surface area (Å²) in [6, 6.07) is 5.21. The number of halogens is 1. The number of hydrogen-bond donors (Lipinski definition) is 1. The van der Waals surface area contributed by atoms with Gasteiger partial charge in [0.05, 0.1) is 23.6 Å². The first-order valence-electron chi connectivity index (χ1n) is 6.79. The van der Waals surface area contributed by atoms with Crippen molar-refractivity contribution in [3.63, 3.8) is 0 Å². The van der Waals surface area contributed by atoms with Crippen LogP contribution < -0.4 is 5.32 Å².